The van der Waals surface area contributed by atoms with Crippen molar-refractivity contribution in [3.63, 3.8) is 0 Å². The second-order valence-corrected chi connectivity index (χ2v) is 6.94. The van der Waals surface area contributed by atoms with E-state index >= 15 is 0 Å². The summed E-state index contributed by atoms with van der Waals surface area (Å²) in [6, 6.07) is 0. The van der Waals surface area contributed by atoms with Gasteiger partial charge < -0.3 is 15.3 Å². The Morgan fingerprint density at radius 1 is 0.880 bits per heavy atom. The SMILES string of the molecule is C1CCNCC1.O=C(/C=C/CBr)N1CCCCC1.O=C(O)/C=C/CBr. The lowest BCUT2D eigenvalue weighted by atomic mass is 10.1. The number of halogens is 2. The van der Waals surface area contributed by atoms with Crippen molar-refractivity contribution in [3.8, 4) is 0 Å². The topological polar surface area (TPSA) is 69.6 Å². The number of aliphatic carboxylic acids is 1. The maximum absolute atomic E-state index is 11.4. The summed E-state index contributed by atoms with van der Waals surface area (Å²) < 4.78 is 0. The summed E-state index contributed by atoms with van der Waals surface area (Å²) in [5.41, 5.74) is 0. The van der Waals surface area contributed by atoms with Gasteiger partial charge in [-0.25, -0.2) is 4.79 Å². The number of hydrogen-bond donors (Lipinski definition) is 2. The lowest BCUT2D eigenvalue weighted by molar-refractivity contribution is -0.131. The first kappa shape index (κ1) is 24.3. The van der Waals surface area contributed by atoms with Crippen molar-refractivity contribution >= 4 is 43.7 Å². The molecule has 0 bridgehead atoms. The first-order valence-electron chi connectivity index (χ1n) is 8.79. The predicted molar refractivity (Wildman–Crippen MR) is 111 cm³/mol. The van der Waals surface area contributed by atoms with Crippen LogP contribution < -0.4 is 5.32 Å². The number of alkyl halides is 2. The van der Waals surface area contributed by atoms with Crippen molar-refractivity contribution in [2.75, 3.05) is 36.8 Å². The molecule has 0 saturated carbocycles. The van der Waals surface area contributed by atoms with Gasteiger partial charge in [-0.05, 0) is 51.3 Å². The second-order valence-electron chi connectivity index (χ2n) is 5.65. The predicted octanol–water partition coefficient (Wildman–Crippen LogP) is 3.73. The molecule has 0 radical (unpaired) electrons. The van der Waals surface area contributed by atoms with E-state index in [2.05, 4.69) is 37.2 Å². The quantitative estimate of drug-likeness (QED) is 0.474. The summed E-state index contributed by atoms with van der Waals surface area (Å²) in [7, 11) is 0. The van der Waals surface area contributed by atoms with Crippen LogP contribution in [0.3, 0.4) is 0 Å². The molecule has 1 amide bonds. The summed E-state index contributed by atoms with van der Waals surface area (Å²) >= 11 is 6.27. The molecule has 0 aliphatic carbocycles. The highest BCUT2D eigenvalue weighted by molar-refractivity contribution is 9.09. The minimum absolute atomic E-state index is 0.161. The van der Waals surface area contributed by atoms with Crippen molar-refractivity contribution in [1.82, 2.24) is 10.2 Å². The standard InChI is InChI=1S/C9H14BrNO.C5H11N.C4H5BrO2/c10-6-4-5-9(12)11-7-2-1-3-8-11;1-2-4-6-5-3-1;5-3-1-2-4(6)7/h4-5H,1-3,6-8H2;6H,1-5H2;1-2H,3H2,(H,6,7)/b5-4+;;2-1+. The Labute approximate surface area is 168 Å². The number of rotatable bonds is 4. The number of nitrogens with zero attached hydrogens (tertiary/aromatic N) is 1. The zero-order chi connectivity index (χ0) is 18.8. The number of nitrogens with one attached hydrogen (secondary N) is 1. The lowest BCUT2D eigenvalue weighted by Crippen LogP contribution is -2.34. The zero-order valence-corrected chi connectivity index (χ0v) is 17.9. The fourth-order valence-electron chi connectivity index (χ4n) is 2.31. The fourth-order valence-corrected chi connectivity index (χ4v) is 2.69. The monoisotopic (exact) mass is 480 g/mol. The van der Waals surface area contributed by atoms with E-state index in [1.54, 1.807) is 6.08 Å². The average molecular weight is 482 g/mol. The van der Waals surface area contributed by atoms with Crippen LogP contribution in [0.2, 0.25) is 0 Å². The third-order valence-electron chi connectivity index (χ3n) is 3.57. The first-order valence-corrected chi connectivity index (χ1v) is 11.0. The van der Waals surface area contributed by atoms with Gasteiger partial charge in [0, 0.05) is 29.8 Å². The van der Waals surface area contributed by atoms with Crippen LogP contribution >= 0.6 is 31.9 Å². The van der Waals surface area contributed by atoms with E-state index in [9.17, 15) is 9.59 Å². The highest BCUT2D eigenvalue weighted by Gasteiger charge is 2.13. The van der Waals surface area contributed by atoms with Gasteiger partial charge in [-0.15, -0.1) is 0 Å². The van der Waals surface area contributed by atoms with Crippen molar-refractivity contribution in [1.29, 1.82) is 0 Å². The van der Waals surface area contributed by atoms with Crippen LogP contribution in [-0.2, 0) is 9.59 Å². The number of allylic oxidation sites excluding steroid dienone is 2. The smallest absolute Gasteiger partial charge is 0.328 e. The number of amides is 1. The zero-order valence-electron chi connectivity index (χ0n) is 14.8. The summed E-state index contributed by atoms with van der Waals surface area (Å²) in [6.45, 7) is 4.37. The van der Waals surface area contributed by atoms with Gasteiger partial charge in [0.1, 0.15) is 0 Å². The third-order valence-corrected chi connectivity index (χ3v) is 4.32. The van der Waals surface area contributed by atoms with E-state index in [1.165, 1.54) is 44.8 Å². The normalized spacial score (nSPS) is 17.4. The Balaban J connectivity index is 0.000000377. The Morgan fingerprint density at radius 3 is 1.76 bits per heavy atom. The molecule has 2 aliphatic heterocycles. The van der Waals surface area contributed by atoms with E-state index in [4.69, 9.17) is 5.11 Å². The molecule has 2 fully saturated rings. The minimum Gasteiger partial charge on any atom is -0.478 e. The van der Waals surface area contributed by atoms with Gasteiger partial charge >= 0.3 is 5.97 Å². The first-order chi connectivity index (χ1) is 12.1. The molecule has 2 rings (SSSR count). The molecule has 0 unspecified atom stereocenters. The van der Waals surface area contributed by atoms with Gasteiger partial charge in [-0.3, -0.25) is 4.79 Å². The maximum atomic E-state index is 11.4. The molecule has 144 valence electrons. The molecule has 0 aromatic carbocycles. The molecule has 2 saturated heterocycles. The van der Waals surface area contributed by atoms with Crippen LogP contribution in [-0.4, -0.2) is 58.7 Å². The number of likely N-dealkylation sites (tertiary alicyclic amines) is 1. The minimum atomic E-state index is -0.903. The lowest BCUT2D eigenvalue weighted by Gasteiger charge is -2.25. The maximum Gasteiger partial charge on any atom is 0.328 e. The Bertz CT molecular complexity index is 394. The van der Waals surface area contributed by atoms with Crippen LogP contribution in [0.5, 0.6) is 0 Å². The number of carbonyl (C=O) groups is 2. The summed E-state index contributed by atoms with van der Waals surface area (Å²) in [5.74, 6) is -0.742. The van der Waals surface area contributed by atoms with Crippen LogP contribution in [0.4, 0.5) is 0 Å². The third kappa shape index (κ3) is 16.6. The average Bonchev–Trinajstić information content (AvgIpc) is 2.67. The molecule has 2 heterocycles. The van der Waals surface area contributed by atoms with Crippen molar-refractivity contribution < 1.29 is 14.7 Å². The summed E-state index contributed by atoms with van der Waals surface area (Å²) in [6.07, 6.45) is 13.9. The highest BCUT2D eigenvalue weighted by atomic mass is 79.9. The van der Waals surface area contributed by atoms with E-state index < -0.39 is 5.97 Å². The molecule has 2 aliphatic rings. The molecule has 0 aromatic rings. The van der Waals surface area contributed by atoms with Gasteiger partial charge in [-0.2, -0.15) is 0 Å². The summed E-state index contributed by atoms with van der Waals surface area (Å²) in [5, 5.41) is 12.6. The van der Waals surface area contributed by atoms with Crippen molar-refractivity contribution in [3.05, 3.63) is 24.3 Å². The fraction of sp³-hybridized carbons (Fsp3) is 0.667. The van der Waals surface area contributed by atoms with Crippen LogP contribution in [0.15, 0.2) is 24.3 Å². The molecule has 25 heavy (non-hydrogen) atoms. The molecular formula is C18H30Br2N2O3. The number of carboxylic acid groups (broad SMARTS) is 1. The Kier molecular flexibility index (Phi) is 17.7. The van der Waals surface area contributed by atoms with E-state index in [1.807, 2.05) is 11.0 Å². The molecular weight excluding hydrogens is 452 g/mol. The number of carboxylic acids is 1. The van der Waals surface area contributed by atoms with Crippen LogP contribution in [0, 0.1) is 0 Å². The van der Waals surface area contributed by atoms with Gasteiger partial charge in [0.05, 0.1) is 0 Å². The van der Waals surface area contributed by atoms with Crippen LogP contribution in [0.1, 0.15) is 38.5 Å². The Hall–Kier alpha value is -0.660. The van der Waals surface area contributed by atoms with E-state index in [-0.39, 0.29) is 5.91 Å². The number of piperidine rings is 2. The van der Waals surface area contributed by atoms with E-state index in [0.717, 1.165) is 37.3 Å². The van der Waals surface area contributed by atoms with Crippen molar-refractivity contribution in [2.45, 2.75) is 38.5 Å². The van der Waals surface area contributed by atoms with Crippen molar-refractivity contribution in [2.24, 2.45) is 0 Å². The van der Waals surface area contributed by atoms with Gasteiger partial charge in [0.25, 0.3) is 0 Å². The molecule has 5 nitrogen and oxygen atoms in total. The molecule has 7 heteroatoms. The second kappa shape index (κ2) is 18.1. The molecule has 0 aromatic heterocycles. The van der Waals surface area contributed by atoms with E-state index in [0.29, 0.717) is 5.33 Å². The van der Waals surface area contributed by atoms with Gasteiger partial charge in [-0.1, -0.05) is 50.4 Å². The molecule has 0 atom stereocenters. The largest absolute Gasteiger partial charge is 0.478 e. The van der Waals surface area contributed by atoms with Gasteiger partial charge in [0.15, 0.2) is 0 Å². The van der Waals surface area contributed by atoms with Crippen LogP contribution in [0.25, 0.3) is 0 Å². The van der Waals surface area contributed by atoms with Gasteiger partial charge in [0.2, 0.25) is 5.91 Å². The number of carbonyl (C=O) groups excluding carboxylic acids is 1. The highest BCUT2D eigenvalue weighted by Crippen LogP contribution is 2.08. The summed E-state index contributed by atoms with van der Waals surface area (Å²) in [4.78, 5) is 22.9. The Morgan fingerprint density at radius 2 is 1.40 bits per heavy atom. The molecule has 2 N–H and O–H groups in total. The molecule has 0 spiro atoms. The number of hydrogen-bond acceptors (Lipinski definition) is 3.